The highest BCUT2D eigenvalue weighted by Crippen LogP contribution is 2.26. The maximum absolute atomic E-state index is 13.0. The van der Waals surface area contributed by atoms with Crippen LogP contribution in [-0.2, 0) is 38.3 Å². The SMILES string of the molecule is CC/C=C\C/C=C\C/C=C\C/C=C\CCCCCCCCCCCCCCCOCC(COC1OC(CO)C(O)C(OS(=O)(=O)O)C1O)OC(=O)CCCCCCCCCCCCCCCCCCCCCCCCC. The van der Waals surface area contributed by atoms with Crippen molar-refractivity contribution in [1.82, 2.24) is 0 Å². The molecule has 13 heteroatoms. The topological polar surface area (TPSA) is 178 Å². The first kappa shape index (κ1) is 72.1. The Morgan fingerprint density at radius 1 is 0.513 bits per heavy atom. The zero-order valence-electron chi connectivity index (χ0n) is 48.6. The van der Waals surface area contributed by atoms with E-state index in [1.807, 2.05) is 0 Å². The second kappa shape index (κ2) is 53.7. The highest BCUT2D eigenvalue weighted by molar-refractivity contribution is 7.80. The van der Waals surface area contributed by atoms with Gasteiger partial charge in [-0.3, -0.25) is 9.35 Å². The Labute approximate surface area is 466 Å². The molecular weight excluding hydrogens is 981 g/mol. The highest BCUT2D eigenvalue weighted by Gasteiger charge is 2.48. The van der Waals surface area contributed by atoms with Gasteiger partial charge in [0.1, 0.15) is 30.5 Å². The second-order valence-corrected chi connectivity index (χ2v) is 22.7. The van der Waals surface area contributed by atoms with E-state index in [2.05, 4.69) is 66.6 Å². The fraction of sp³-hybridized carbons (Fsp3) is 0.857. The van der Waals surface area contributed by atoms with Gasteiger partial charge in [-0.2, -0.15) is 8.42 Å². The van der Waals surface area contributed by atoms with Gasteiger partial charge < -0.3 is 34.3 Å². The molecule has 76 heavy (non-hydrogen) atoms. The van der Waals surface area contributed by atoms with Gasteiger partial charge in [-0.05, 0) is 51.4 Å². The van der Waals surface area contributed by atoms with Crippen molar-refractivity contribution >= 4 is 16.4 Å². The molecule has 4 N–H and O–H groups in total. The molecular formula is C63H116O12S. The van der Waals surface area contributed by atoms with Crippen LogP contribution in [0.15, 0.2) is 48.6 Å². The van der Waals surface area contributed by atoms with Gasteiger partial charge in [0.15, 0.2) is 6.29 Å². The average molecular weight is 1100 g/mol. The predicted molar refractivity (Wildman–Crippen MR) is 313 cm³/mol. The van der Waals surface area contributed by atoms with E-state index in [0.29, 0.717) is 13.0 Å². The zero-order valence-corrected chi connectivity index (χ0v) is 49.4. The molecule has 0 aromatic rings. The summed E-state index contributed by atoms with van der Waals surface area (Å²) < 4.78 is 59.6. The first-order valence-corrected chi connectivity index (χ1v) is 32.8. The van der Waals surface area contributed by atoms with E-state index < -0.39 is 59.8 Å². The Balaban J connectivity index is 2.24. The zero-order chi connectivity index (χ0) is 55.3. The maximum atomic E-state index is 13.0. The Bertz CT molecular complexity index is 1500. The minimum Gasteiger partial charge on any atom is -0.457 e. The van der Waals surface area contributed by atoms with Crippen LogP contribution in [0.1, 0.15) is 284 Å². The van der Waals surface area contributed by atoms with Gasteiger partial charge in [0.25, 0.3) is 0 Å². The van der Waals surface area contributed by atoms with Crippen molar-refractivity contribution in [2.45, 2.75) is 320 Å². The Morgan fingerprint density at radius 3 is 1.33 bits per heavy atom. The van der Waals surface area contributed by atoms with Gasteiger partial charge in [0.05, 0.1) is 19.8 Å². The number of carbonyl (C=O) groups excluding carboxylic acids is 1. The molecule has 1 rings (SSSR count). The van der Waals surface area contributed by atoms with Crippen LogP contribution in [0.25, 0.3) is 0 Å². The van der Waals surface area contributed by atoms with Gasteiger partial charge in [-0.1, -0.05) is 274 Å². The molecule has 1 heterocycles. The van der Waals surface area contributed by atoms with Crippen molar-refractivity contribution in [2.75, 3.05) is 26.4 Å². The fourth-order valence-electron chi connectivity index (χ4n) is 9.79. The second-order valence-electron chi connectivity index (χ2n) is 21.6. The van der Waals surface area contributed by atoms with Gasteiger partial charge in [0, 0.05) is 13.0 Å². The number of rotatable bonds is 56. The van der Waals surface area contributed by atoms with Crippen LogP contribution in [-0.4, -0.2) is 97.5 Å². The van der Waals surface area contributed by atoms with E-state index in [-0.39, 0.29) is 19.6 Å². The molecule has 1 fully saturated rings. The molecule has 1 aliphatic rings. The monoisotopic (exact) mass is 1100 g/mol. The Kier molecular flexibility index (Phi) is 50.9. The molecule has 1 aliphatic heterocycles. The van der Waals surface area contributed by atoms with Crippen molar-refractivity contribution in [2.24, 2.45) is 0 Å². The summed E-state index contributed by atoms with van der Waals surface area (Å²) in [7, 11) is -5.07. The summed E-state index contributed by atoms with van der Waals surface area (Å²) in [6.45, 7) is 3.94. The molecule has 0 aromatic heterocycles. The third-order valence-corrected chi connectivity index (χ3v) is 14.9. The molecule has 0 spiro atoms. The van der Waals surface area contributed by atoms with E-state index in [1.54, 1.807) is 0 Å². The summed E-state index contributed by atoms with van der Waals surface area (Å²) in [5.74, 6) is -0.393. The molecule has 0 saturated carbocycles. The quantitative estimate of drug-likeness (QED) is 0.0196. The lowest BCUT2D eigenvalue weighted by atomic mass is 9.99. The van der Waals surface area contributed by atoms with Crippen LogP contribution in [0, 0.1) is 0 Å². The lowest BCUT2D eigenvalue weighted by Gasteiger charge is -2.41. The molecule has 446 valence electrons. The summed E-state index contributed by atoms with van der Waals surface area (Å²) in [6.07, 6.45) is 60.1. The molecule has 0 bridgehead atoms. The summed E-state index contributed by atoms with van der Waals surface area (Å²) in [5, 5.41) is 30.9. The number of hydrogen-bond acceptors (Lipinski definition) is 11. The minimum absolute atomic E-state index is 0.0379. The lowest BCUT2D eigenvalue weighted by molar-refractivity contribution is -0.301. The molecule has 0 aromatic carbocycles. The van der Waals surface area contributed by atoms with Gasteiger partial charge >= 0.3 is 16.4 Å². The normalized spacial score (nSPS) is 18.8. The Morgan fingerprint density at radius 2 is 0.908 bits per heavy atom. The predicted octanol–water partition coefficient (Wildman–Crippen LogP) is 16.2. The molecule has 0 aliphatic carbocycles. The van der Waals surface area contributed by atoms with E-state index in [1.165, 1.54) is 193 Å². The van der Waals surface area contributed by atoms with Crippen LogP contribution in [0.3, 0.4) is 0 Å². The smallest absolute Gasteiger partial charge is 0.397 e. The summed E-state index contributed by atoms with van der Waals surface area (Å²) in [6, 6.07) is 0. The van der Waals surface area contributed by atoms with Crippen LogP contribution < -0.4 is 0 Å². The van der Waals surface area contributed by atoms with Crippen molar-refractivity contribution in [3.05, 3.63) is 48.6 Å². The van der Waals surface area contributed by atoms with Crippen LogP contribution in [0.4, 0.5) is 0 Å². The standard InChI is InChI=1S/C63H116O12S/c1-3-5-7-9-11-13-15-17-19-21-23-25-27-28-29-31-33-35-37-39-41-43-45-47-49-51-53-71-55-57(56-72-63-61(67)62(75-76(68,69)70)60(66)58(54-64)74-63)73-59(65)52-50-48-46-44-42-40-38-36-34-32-30-26-24-22-20-18-16-14-12-10-8-6-4-2/h5,7,11,13,17,19,23,25,57-58,60-64,66-67H,3-4,6,8-10,12,14-16,18,20-22,24,26-56H2,1-2H3,(H,68,69,70)/b7-5-,13-11-,19-17-,25-23-. The number of ether oxygens (including phenoxy) is 4. The maximum Gasteiger partial charge on any atom is 0.397 e. The summed E-state index contributed by atoms with van der Waals surface area (Å²) in [4.78, 5) is 13.0. The van der Waals surface area contributed by atoms with Gasteiger partial charge in [-0.25, -0.2) is 4.18 Å². The third-order valence-electron chi connectivity index (χ3n) is 14.5. The number of unbranched alkanes of at least 4 members (excludes halogenated alkanes) is 35. The largest absolute Gasteiger partial charge is 0.457 e. The van der Waals surface area contributed by atoms with Crippen LogP contribution >= 0.6 is 0 Å². The molecule has 6 atom stereocenters. The van der Waals surface area contributed by atoms with E-state index >= 15 is 0 Å². The van der Waals surface area contributed by atoms with Crippen LogP contribution in [0.5, 0.6) is 0 Å². The lowest BCUT2D eigenvalue weighted by Crippen LogP contribution is -2.60. The van der Waals surface area contributed by atoms with E-state index in [0.717, 1.165) is 64.2 Å². The highest BCUT2D eigenvalue weighted by atomic mass is 32.3. The Hall–Kier alpha value is -1.94. The number of esters is 1. The molecule has 1 saturated heterocycles. The molecule has 0 radical (unpaired) electrons. The van der Waals surface area contributed by atoms with Crippen molar-refractivity contribution in [3.8, 4) is 0 Å². The van der Waals surface area contributed by atoms with Crippen molar-refractivity contribution in [1.29, 1.82) is 0 Å². The number of allylic oxidation sites excluding steroid dienone is 8. The van der Waals surface area contributed by atoms with Crippen molar-refractivity contribution in [3.63, 3.8) is 0 Å². The van der Waals surface area contributed by atoms with Crippen molar-refractivity contribution < 1.29 is 56.2 Å². The number of aliphatic hydroxyl groups excluding tert-OH is 3. The van der Waals surface area contributed by atoms with Crippen LogP contribution in [0.2, 0.25) is 0 Å². The van der Waals surface area contributed by atoms with Gasteiger partial charge in [-0.15, -0.1) is 0 Å². The number of carbonyl (C=O) groups is 1. The first-order chi connectivity index (χ1) is 37.1. The first-order valence-electron chi connectivity index (χ1n) is 31.4. The summed E-state index contributed by atoms with van der Waals surface area (Å²) in [5.41, 5.74) is 0. The number of aliphatic hydroxyl groups is 3. The van der Waals surface area contributed by atoms with Gasteiger partial charge in [0.2, 0.25) is 0 Å². The fourth-order valence-corrected chi connectivity index (χ4v) is 10.3. The third kappa shape index (κ3) is 45.9. The number of hydrogen-bond donors (Lipinski definition) is 4. The summed E-state index contributed by atoms with van der Waals surface area (Å²) >= 11 is 0. The molecule has 6 unspecified atom stereocenters. The minimum atomic E-state index is -5.07. The molecule has 0 amide bonds. The van der Waals surface area contributed by atoms with E-state index in [9.17, 15) is 33.1 Å². The molecule has 12 nitrogen and oxygen atoms in total. The average Bonchev–Trinajstić information content (AvgIpc) is 3.40. The van der Waals surface area contributed by atoms with E-state index in [4.69, 9.17) is 18.9 Å².